The van der Waals surface area contributed by atoms with Crippen LogP contribution in [0.25, 0.3) is 0 Å². The summed E-state index contributed by atoms with van der Waals surface area (Å²) >= 11 is 6.04. The van der Waals surface area contributed by atoms with Crippen molar-refractivity contribution in [2.24, 2.45) is 5.92 Å². The fourth-order valence-corrected chi connectivity index (χ4v) is 2.27. The molecule has 104 valence electrons. The molecule has 2 rings (SSSR count). The third-order valence-electron chi connectivity index (χ3n) is 3.27. The number of ether oxygens (including phenoxy) is 2. The number of carbonyl (C=O) groups excluding carboxylic acids is 1. The van der Waals surface area contributed by atoms with Crippen molar-refractivity contribution in [3.8, 4) is 5.75 Å². The Hall–Kier alpha value is -1.26. The van der Waals surface area contributed by atoms with Crippen LogP contribution in [0.2, 0.25) is 5.02 Å². The van der Waals surface area contributed by atoms with Gasteiger partial charge in [0.05, 0.1) is 25.3 Å². The van der Waals surface area contributed by atoms with Crippen LogP contribution in [-0.4, -0.2) is 26.2 Å². The molecular formula is C14H18ClNO3. The summed E-state index contributed by atoms with van der Waals surface area (Å²) in [6, 6.07) is 3.53. The van der Waals surface area contributed by atoms with Crippen molar-refractivity contribution in [3.05, 3.63) is 22.7 Å². The molecule has 0 spiro atoms. The van der Waals surface area contributed by atoms with Crippen molar-refractivity contribution >= 4 is 23.2 Å². The Balaban J connectivity index is 2.13. The molecule has 0 radical (unpaired) electrons. The van der Waals surface area contributed by atoms with Crippen LogP contribution in [0.4, 0.5) is 5.69 Å². The Kier molecular flexibility index (Phi) is 4.66. The highest BCUT2D eigenvalue weighted by atomic mass is 35.5. The molecule has 0 bridgehead atoms. The smallest absolute Gasteiger partial charge is 0.229 e. The minimum Gasteiger partial charge on any atom is -0.495 e. The number of anilines is 1. The number of rotatable bonds is 3. The minimum atomic E-state index is -0.0885. The third kappa shape index (κ3) is 3.39. The van der Waals surface area contributed by atoms with E-state index in [1.165, 1.54) is 0 Å². The molecule has 1 unspecified atom stereocenters. The maximum absolute atomic E-state index is 12.2. The second kappa shape index (κ2) is 6.26. The largest absolute Gasteiger partial charge is 0.495 e. The first-order valence-corrected chi connectivity index (χ1v) is 6.72. The number of amides is 1. The highest BCUT2D eigenvalue weighted by Crippen LogP contribution is 2.31. The van der Waals surface area contributed by atoms with Gasteiger partial charge in [0, 0.05) is 17.7 Å². The lowest BCUT2D eigenvalue weighted by Gasteiger charge is -2.22. The van der Waals surface area contributed by atoms with Crippen molar-refractivity contribution in [2.75, 3.05) is 25.6 Å². The number of hydrogen-bond acceptors (Lipinski definition) is 3. The summed E-state index contributed by atoms with van der Waals surface area (Å²) in [6.07, 6.45) is 1.79. The number of halogens is 1. The summed E-state index contributed by atoms with van der Waals surface area (Å²) in [4.78, 5) is 12.2. The van der Waals surface area contributed by atoms with Gasteiger partial charge in [-0.25, -0.2) is 0 Å². The SMILES string of the molecule is COc1cc(Cl)c(C)cc1NC(=O)C1CCCOC1. The van der Waals surface area contributed by atoms with Gasteiger partial charge in [-0.15, -0.1) is 0 Å². The van der Waals surface area contributed by atoms with Gasteiger partial charge in [-0.3, -0.25) is 4.79 Å². The van der Waals surface area contributed by atoms with Gasteiger partial charge in [0.15, 0.2) is 0 Å². The van der Waals surface area contributed by atoms with E-state index < -0.39 is 0 Å². The van der Waals surface area contributed by atoms with Gasteiger partial charge in [0.25, 0.3) is 0 Å². The molecule has 1 aromatic carbocycles. The average molecular weight is 284 g/mol. The zero-order valence-corrected chi connectivity index (χ0v) is 11.9. The number of nitrogens with one attached hydrogen (secondary N) is 1. The van der Waals surface area contributed by atoms with Crippen LogP contribution in [0.15, 0.2) is 12.1 Å². The minimum absolute atomic E-state index is 0.0280. The van der Waals surface area contributed by atoms with E-state index in [9.17, 15) is 4.79 Å². The van der Waals surface area contributed by atoms with Crippen molar-refractivity contribution in [2.45, 2.75) is 19.8 Å². The summed E-state index contributed by atoms with van der Waals surface area (Å²) in [7, 11) is 1.56. The highest BCUT2D eigenvalue weighted by molar-refractivity contribution is 6.31. The van der Waals surface area contributed by atoms with Gasteiger partial charge in [-0.2, -0.15) is 0 Å². The number of hydrogen-bond donors (Lipinski definition) is 1. The van der Waals surface area contributed by atoms with E-state index in [2.05, 4.69) is 5.32 Å². The maximum Gasteiger partial charge on any atom is 0.229 e. The van der Waals surface area contributed by atoms with Crippen molar-refractivity contribution in [3.63, 3.8) is 0 Å². The lowest BCUT2D eigenvalue weighted by atomic mass is 10.0. The number of benzene rings is 1. The first kappa shape index (κ1) is 14.2. The predicted octanol–water partition coefficient (Wildman–Crippen LogP) is 3.02. The molecule has 1 fully saturated rings. The molecule has 4 nitrogen and oxygen atoms in total. The first-order valence-electron chi connectivity index (χ1n) is 6.34. The van der Waals surface area contributed by atoms with E-state index >= 15 is 0 Å². The molecule has 1 amide bonds. The van der Waals surface area contributed by atoms with Gasteiger partial charge in [0.2, 0.25) is 5.91 Å². The summed E-state index contributed by atoms with van der Waals surface area (Å²) in [5, 5.41) is 3.52. The number of carbonyl (C=O) groups is 1. The molecule has 0 saturated carbocycles. The molecule has 1 aromatic rings. The predicted molar refractivity (Wildman–Crippen MR) is 74.9 cm³/mol. The van der Waals surface area contributed by atoms with Crippen molar-refractivity contribution in [1.29, 1.82) is 0 Å². The maximum atomic E-state index is 12.2. The zero-order valence-electron chi connectivity index (χ0n) is 11.2. The molecule has 1 aliphatic heterocycles. The van der Waals surface area contributed by atoms with Crippen LogP contribution in [-0.2, 0) is 9.53 Å². The van der Waals surface area contributed by atoms with Crippen LogP contribution >= 0.6 is 11.6 Å². The van der Waals surface area contributed by atoms with Crippen LogP contribution in [0.1, 0.15) is 18.4 Å². The molecular weight excluding hydrogens is 266 g/mol. The lowest BCUT2D eigenvalue weighted by molar-refractivity contribution is -0.123. The highest BCUT2D eigenvalue weighted by Gasteiger charge is 2.22. The Labute approximate surface area is 118 Å². The topological polar surface area (TPSA) is 47.6 Å². The van der Waals surface area contributed by atoms with Crippen LogP contribution < -0.4 is 10.1 Å². The Morgan fingerprint density at radius 2 is 2.32 bits per heavy atom. The molecule has 19 heavy (non-hydrogen) atoms. The van der Waals surface area contributed by atoms with E-state index in [-0.39, 0.29) is 11.8 Å². The fourth-order valence-electron chi connectivity index (χ4n) is 2.11. The Bertz CT molecular complexity index is 470. The van der Waals surface area contributed by atoms with E-state index in [1.807, 2.05) is 13.0 Å². The monoisotopic (exact) mass is 283 g/mol. The molecule has 0 aromatic heterocycles. The first-order chi connectivity index (χ1) is 9.11. The average Bonchev–Trinajstić information content (AvgIpc) is 2.43. The summed E-state index contributed by atoms with van der Waals surface area (Å²) in [6.45, 7) is 3.12. The van der Waals surface area contributed by atoms with Crippen LogP contribution in [0.5, 0.6) is 5.75 Å². The van der Waals surface area contributed by atoms with Gasteiger partial charge < -0.3 is 14.8 Å². The van der Waals surface area contributed by atoms with Gasteiger partial charge in [-0.1, -0.05) is 11.6 Å². The zero-order chi connectivity index (χ0) is 13.8. The molecule has 1 atom stereocenters. The Morgan fingerprint density at radius 3 is 2.95 bits per heavy atom. The summed E-state index contributed by atoms with van der Waals surface area (Å²) in [5.41, 5.74) is 1.55. The van der Waals surface area contributed by atoms with E-state index in [1.54, 1.807) is 13.2 Å². The summed E-state index contributed by atoms with van der Waals surface area (Å²) < 4.78 is 10.6. The molecule has 1 aliphatic rings. The third-order valence-corrected chi connectivity index (χ3v) is 3.68. The van der Waals surface area contributed by atoms with Crippen LogP contribution in [0, 0.1) is 12.8 Å². The standard InChI is InChI=1S/C14H18ClNO3/c1-9-6-12(13(18-2)7-11(9)15)16-14(17)10-4-3-5-19-8-10/h6-7,10H,3-5,8H2,1-2H3,(H,16,17). The van der Waals surface area contributed by atoms with E-state index in [0.29, 0.717) is 23.1 Å². The molecule has 1 saturated heterocycles. The van der Waals surface area contributed by atoms with E-state index in [4.69, 9.17) is 21.1 Å². The molecule has 1 heterocycles. The second-order valence-electron chi connectivity index (χ2n) is 4.70. The quantitative estimate of drug-likeness (QED) is 0.927. The lowest BCUT2D eigenvalue weighted by Crippen LogP contribution is -2.30. The van der Waals surface area contributed by atoms with Crippen molar-refractivity contribution < 1.29 is 14.3 Å². The normalized spacial score (nSPS) is 19.0. The van der Waals surface area contributed by atoms with Gasteiger partial charge in [-0.05, 0) is 31.4 Å². The van der Waals surface area contributed by atoms with Crippen LogP contribution in [0.3, 0.4) is 0 Å². The van der Waals surface area contributed by atoms with Gasteiger partial charge in [0.1, 0.15) is 5.75 Å². The summed E-state index contributed by atoms with van der Waals surface area (Å²) in [5.74, 6) is 0.454. The Morgan fingerprint density at radius 1 is 1.53 bits per heavy atom. The van der Waals surface area contributed by atoms with Gasteiger partial charge >= 0.3 is 0 Å². The molecule has 0 aliphatic carbocycles. The molecule has 5 heteroatoms. The number of methoxy groups -OCH3 is 1. The fraction of sp³-hybridized carbons (Fsp3) is 0.500. The van der Waals surface area contributed by atoms with E-state index in [0.717, 1.165) is 25.0 Å². The second-order valence-corrected chi connectivity index (χ2v) is 5.11. The number of aryl methyl sites for hydroxylation is 1. The molecule has 1 N–H and O–H groups in total. The van der Waals surface area contributed by atoms with Crippen molar-refractivity contribution in [1.82, 2.24) is 0 Å².